The van der Waals surface area contributed by atoms with Crippen molar-refractivity contribution in [2.75, 3.05) is 5.73 Å². The second kappa shape index (κ2) is 4.78. The molecule has 0 saturated carbocycles. The Hall–Kier alpha value is -1.87. The molecule has 1 unspecified atom stereocenters. The Kier molecular flexibility index (Phi) is 3.34. The van der Waals surface area contributed by atoms with Gasteiger partial charge in [-0.1, -0.05) is 23.8 Å². The molecule has 1 heterocycles. The number of aryl methyl sites for hydroxylation is 3. The monoisotopic (exact) mass is 242 g/mol. The van der Waals surface area contributed by atoms with Crippen molar-refractivity contribution in [3.05, 3.63) is 58.3 Å². The molecule has 0 saturated heterocycles. The first kappa shape index (κ1) is 12.6. The number of benzene rings is 1. The molecule has 0 aliphatic carbocycles. The van der Waals surface area contributed by atoms with Crippen LogP contribution >= 0.6 is 0 Å². The van der Waals surface area contributed by atoms with E-state index in [-0.39, 0.29) is 0 Å². The van der Waals surface area contributed by atoms with E-state index < -0.39 is 6.10 Å². The lowest BCUT2D eigenvalue weighted by Gasteiger charge is -2.16. The van der Waals surface area contributed by atoms with Crippen molar-refractivity contribution in [3.8, 4) is 0 Å². The molecule has 18 heavy (non-hydrogen) atoms. The average molecular weight is 242 g/mol. The van der Waals surface area contributed by atoms with Crippen LogP contribution in [0.2, 0.25) is 0 Å². The molecule has 1 aromatic carbocycles. The van der Waals surface area contributed by atoms with Crippen LogP contribution in [0.5, 0.6) is 0 Å². The van der Waals surface area contributed by atoms with Crippen molar-refractivity contribution < 1.29 is 5.11 Å². The minimum absolute atomic E-state index is 0.382. The number of nitrogen functional groups attached to an aromatic ring is 1. The Morgan fingerprint density at radius 1 is 1.06 bits per heavy atom. The van der Waals surface area contributed by atoms with Crippen molar-refractivity contribution in [1.82, 2.24) is 4.98 Å². The summed E-state index contributed by atoms with van der Waals surface area (Å²) < 4.78 is 0. The van der Waals surface area contributed by atoms with Crippen molar-refractivity contribution >= 4 is 5.82 Å². The first-order chi connectivity index (χ1) is 8.49. The van der Waals surface area contributed by atoms with Gasteiger partial charge in [-0.2, -0.15) is 0 Å². The maximum absolute atomic E-state index is 10.4. The van der Waals surface area contributed by atoms with Crippen LogP contribution in [0.4, 0.5) is 5.82 Å². The highest BCUT2D eigenvalue weighted by Gasteiger charge is 2.16. The maximum atomic E-state index is 10.4. The molecule has 0 spiro atoms. The molecule has 0 radical (unpaired) electrons. The predicted molar refractivity (Wildman–Crippen MR) is 73.4 cm³/mol. The molecule has 0 aliphatic rings. The molecular weight excluding hydrogens is 224 g/mol. The van der Waals surface area contributed by atoms with Gasteiger partial charge in [0.15, 0.2) is 0 Å². The van der Waals surface area contributed by atoms with Gasteiger partial charge in [0.05, 0.1) is 0 Å². The quantitative estimate of drug-likeness (QED) is 0.851. The smallest absolute Gasteiger partial charge is 0.129 e. The zero-order valence-corrected chi connectivity index (χ0v) is 10.9. The number of nitrogens with zero attached hydrogens (tertiary/aromatic N) is 1. The van der Waals surface area contributed by atoms with E-state index in [4.69, 9.17) is 5.73 Å². The SMILES string of the molecule is Cc1ccc(C(O)c2cc(C)cnc2N)c(C)c1. The van der Waals surface area contributed by atoms with E-state index >= 15 is 0 Å². The van der Waals surface area contributed by atoms with Gasteiger partial charge in [-0.05, 0) is 43.5 Å². The minimum atomic E-state index is -0.724. The molecule has 3 heteroatoms. The largest absolute Gasteiger partial charge is 0.384 e. The third-order valence-corrected chi connectivity index (χ3v) is 3.10. The third kappa shape index (κ3) is 2.36. The van der Waals surface area contributed by atoms with Crippen molar-refractivity contribution in [1.29, 1.82) is 0 Å². The van der Waals surface area contributed by atoms with Crippen LogP contribution in [0, 0.1) is 20.8 Å². The van der Waals surface area contributed by atoms with Gasteiger partial charge in [0.25, 0.3) is 0 Å². The Bertz CT molecular complexity index is 579. The normalized spacial score (nSPS) is 12.4. The predicted octanol–water partition coefficient (Wildman–Crippen LogP) is 2.67. The van der Waals surface area contributed by atoms with Gasteiger partial charge in [0.1, 0.15) is 11.9 Å². The van der Waals surface area contributed by atoms with E-state index in [9.17, 15) is 5.11 Å². The maximum Gasteiger partial charge on any atom is 0.129 e. The summed E-state index contributed by atoms with van der Waals surface area (Å²) in [6.45, 7) is 5.96. The number of rotatable bonds is 2. The zero-order valence-electron chi connectivity index (χ0n) is 10.9. The van der Waals surface area contributed by atoms with E-state index in [0.29, 0.717) is 11.4 Å². The van der Waals surface area contributed by atoms with Crippen molar-refractivity contribution in [2.45, 2.75) is 26.9 Å². The van der Waals surface area contributed by atoms with E-state index in [1.807, 2.05) is 39.0 Å². The fraction of sp³-hybridized carbons (Fsp3) is 0.267. The lowest BCUT2D eigenvalue weighted by atomic mass is 9.96. The minimum Gasteiger partial charge on any atom is -0.384 e. The third-order valence-electron chi connectivity index (χ3n) is 3.10. The van der Waals surface area contributed by atoms with Gasteiger partial charge in [0, 0.05) is 11.8 Å². The average Bonchev–Trinajstić information content (AvgIpc) is 2.31. The Balaban J connectivity index is 2.47. The second-order valence-electron chi connectivity index (χ2n) is 4.75. The summed E-state index contributed by atoms with van der Waals surface area (Å²) in [7, 11) is 0. The van der Waals surface area contributed by atoms with Gasteiger partial charge in [0.2, 0.25) is 0 Å². The zero-order chi connectivity index (χ0) is 13.3. The molecular formula is C15H18N2O. The Morgan fingerprint density at radius 2 is 1.78 bits per heavy atom. The first-order valence-electron chi connectivity index (χ1n) is 5.96. The highest BCUT2D eigenvalue weighted by atomic mass is 16.3. The highest BCUT2D eigenvalue weighted by Crippen LogP contribution is 2.28. The summed E-state index contributed by atoms with van der Waals surface area (Å²) in [5, 5.41) is 10.4. The van der Waals surface area contributed by atoms with Crippen LogP contribution < -0.4 is 5.73 Å². The number of hydrogen-bond donors (Lipinski definition) is 2. The highest BCUT2D eigenvalue weighted by molar-refractivity contribution is 5.47. The molecule has 1 aromatic heterocycles. The van der Waals surface area contributed by atoms with Crippen LogP contribution in [0.1, 0.15) is 33.9 Å². The topological polar surface area (TPSA) is 59.1 Å². The molecule has 2 rings (SSSR count). The summed E-state index contributed by atoms with van der Waals surface area (Å²) in [6.07, 6.45) is 0.978. The summed E-state index contributed by atoms with van der Waals surface area (Å²) in [5.41, 5.74) is 10.6. The molecule has 0 amide bonds. The molecule has 0 fully saturated rings. The van der Waals surface area contributed by atoms with Crippen LogP contribution in [0.3, 0.4) is 0 Å². The van der Waals surface area contributed by atoms with Gasteiger partial charge < -0.3 is 10.8 Å². The summed E-state index contributed by atoms with van der Waals surface area (Å²) in [6, 6.07) is 7.87. The number of nitrogens with two attached hydrogens (primary N) is 1. The molecule has 3 N–H and O–H groups in total. The number of aliphatic hydroxyl groups excluding tert-OH is 1. The van der Waals surface area contributed by atoms with Gasteiger partial charge in [-0.25, -0.2) is 4.98 Å². The number of aromatic nitrogens is 1. The molecule has 0 bridgehead atoms. The van der Waals surface area contributed by atoms with Crippen LogP contribution in [0.15, 0.2) is 30.5 Å². The van der Waals surface area contributed by atoms with E-state index in [0.717, 1.165) is 16.7 Å². The van der Waals surface area contributed by atoms with E-state index in [2.05, 4.69) is 11.1 Å². The fourth-order valence-corrected chi connectivity index (χ4v) is 2.12. The summed E-state index contributed by atoms with van der Waals surface area (Å²) in [5.74, 6) is 0.382. The lowest BCUT2D eigenvalue weighted by molar-refractivity contribution is 0.220. The van der Waals surface area contributed by atoms with E-state index in [1.54, 1.807) is 6.20 Å². The summed E-state index contributed by atoms with van der Waals surface area (Å²) in [4.78, 5) is 4.09. The van der Waals surface area contributed by atoms with Gasteiger partial charge in [-0.3, -0.25) is 0 Å². The van der Waals surface area contributed by atoms with Crippen molar-refractivity contribution in [2.24, 2.45) is 0 Å². The van der Waals surface area contributed by atoms with Crippen molar-refractivity contribution in [3.63, 3.8) is 0 Å². The standard InChI is InChI=1S/C15H18N2O/c1-9-4-5-12(11(3)6-9)14(18)13-7-10(2)8-17-15(13)16/h4-8,14,18H,1-3H3,(H2,16,17). The molecule has 3 nitrogen and oxygen atoms in total. The van der Waals surface area contributed by atoms with Gasteiger partial charge >= 0.3 is 0 Å². The van der Waals surface area contributed by atoms with Crippen LogP contribution in [-0.2, 0) is 0 Å². The molecule has 0 aliphatic heterocycles. The number of pyridine rings is 1. The molecule has 94 valence electrons. The van der Waals surface area contributed by atoms with Crippen LogP contribution in [0.25, 0.3) is 0 Å². The van der Waals surface area contributed by atoms with E-state index in [1.165, 1.54) is 5.56 Å². The first-order valence-corrected chi connectivity index (χ1v) is 5.96. The van der Waals surface area contributed by atoms with Crippen LogP contribution in [-0.4, -0.2) is 10.1 Å². The van der Waals surface area contributed by atoms with Gasteiger partial charge in [-0.15, -0.1) is 0 Å². The summed E-state index contributed by atoms with van der Waals surface area (Å²) >= 11 is 0. The lowest BCUT2D eigenvalue weighted by Crippen LogP contribution is -2.07. The second-order valence-corrected chi connectivity index (χ2v) is 4.75. The Labute approximate surface area is 107 Å². The number of aliphatic hydroxyl groups is 1. The molecule has 2 aromatic rings. The number of hydrogen-bond acceptors (Lipinski definition) is 3. The Morgan fingerprint density at radius 3 is 2.44 bits per heavy atom. The fourth-order valence-electron chi connectivity index (χ4n) is 2.12. The molecule has 1 atom stereocenters. The number of anilines is 1.